The Kier molecular flexibility index (Phi) is 4.86. The SMILES string of the molecule is CC1=C[C@H](C)[C@H]2CO[C@H](c3ccccc3OCc3ccccc3)[C@H]1[C@H]2C. The highest BCUT2D eigenvalue weighted by atomic mass is 16.5. The van der Waals surface area contributed by atoms with Gasteiger partial charge in [-0.3, -0.25) is 0 Å². The largest absolute Gasteiger partial charge is 0.489 e. The van der Waals surface area contributed by atoms with Crippen LogP contribution in [0.4, 0.5) is 0 Å². The van der Waals surface area contributed by atoms with Crippen LogP contribution in [-0.4, -0.2) is 6.61 Å². The Bertz CT molecular complexity index is 780. The van der Waals surface area contributed by atoms with E-state index in [1.54, 1.807) is 0 Å². The molecule has 0 radical (unpaired) electrons. The fourth-order valence-corrected chi connectivity index (χ4v) is 4.81. The summed E-state index contributed by atoms with van der Waals surface area (Å²) in [5.41, 5.74) is 3.83. The lowest BCUT2D eigenvalue weighted by Gasteiger charge is -2.47. The van der Waals surface area contributed by atoms with Crippen LogP contribution in [0.25, 0.3) is 0 Å². The standard InChI is InChI=1S/C24H28O2/c1-16-13-17(2)23-18(3)21(16)15-26-24(23)20-11-7-8-12-22(20)25-14-19-9-5-4-6-10-19/h4-13,16,18,21,23-24H,14-15H2,1-3H3/t16-,18-,21+,23+,24+/m0/s1. The molecule has 0 amide bonds. The van der Waals surface area contributed by atoms with Crippen molar-refractivity contribution in [2.24, 2.45) is 23.7 Å². The summed E-state index contributed by atoms with van der Waals surface area (Å²) in [5, 5.41) is 0. The van der Waals surface area contributed by atoms with Gasteiger partial charge < -0.3 is 9.47 Å². The molecule has 2 aromatic carbocycles. The second-order valence-electron chi connectivity index (χ2n) is 7.88. The zero-order valence-electron chi connectivity index (χ0n) is 15.9. The molecule has 1 aliphatic carbocycles. The molecule has 2 nitrogen and oxygen atoms in total. The number of fused-ring (bicyclic) bond motifs is 2. The van der Waals surface area contributed by atoms with Crippen molar-refractivity contribution in [1.29, 1.82) is 0 Å². The van der Waals surface area contributed by atoms with Crippen molar-refractivity contribution in [2.45, 2.75) is 33.5 Å². The van der Waals surface area contributed by atoms with E-state index < -0.39 is 0 Å². The van der Waals surface area contributed by atoms with Crippen molar-refractivity contribution < 1.29 is 9.47 Å². The second kappa shape index (κ2) is 7.28. The summed E-state index contributed by atoms with van der Waals surface area (Å²) in [6, 6.07) is 18.7. The van der Waals surface area contributed by atoms with Gasteiger partial charge in [0.1, 0.15) is 12.4 Å². The molecule has 2 aromatic rings. The molecule has 4 rings (SSSR count). The van der Waals surface area contributed by atoms with Gasteiger partial charge in [-0.05, 0) is 36.3 Å². The lowest BCUT2D eigenvalue weighted by molar-refractivity contribution is -0.0942. The molecule has 136 valence electrons. The van der Waals surface area contributed by atoms with Crippen LogP contribution in [0.15, 0.2) is 66.2 Å². The maximum atomic E-state index is 6.41. The number of allylic oxidation sites excluding steroid dienone is 1. The normalized spacial score (nSPS) is 30.6. The Balaban J connectivity index is 1.61. The summed E-state index contributed by atoms with van der Waals surface area (Å²) in [7, 11) is 0. The van der Waals surface area contributed by atoms with Gasteiger partial charge in [-0.2, -0.15) is 0 Å². The summed E-state index contributed by atoms with van der Waals surface area (Å²) in [5.74, 6) is 3.24. The van der Waals surface area contributed by atoms with E-state index in [2.05, 4.69) is 57.2 Å². The minimum absolute atomic E-state index is 0.0805. The zero-order valence-corrected chi connectivity index (χ0v) is 15.9. The molecule has 0 spiro atoms. The van der Waals surface area contributed by atoms with Crippen LogP contribution in [0.3, 0.4) is 0 Å². The molecule has 0 N–H and O–H groups in total. The third-order valence-electron chi connectivity index (χ3n) is 6.23. The summed E-state index contributed by atoms with van der Waals surface area (Å²) >= 11 is 0. The Morgan fingerprint density at radius 3 is 2.54 bits per heavy atom. The molecule has 0 unspecified atom stereocenters. The summed E-state index contributed by atoms with van der Waals surface area (Å²) in [4.78, 5) is 0. The zero-order chi connectivity index (χ0) is 18.1. The molecular weight excluding hydrogens is 320 g/mol. The third-order valence-corrected chi connectivity index (χ3v) is 6.23. The summed E-state index contributed by atoms with van der Waals surface area (Å²) < 4.78 is 12.6. The van der Waals surface area contributed by atoms with E-state index in [-0.39, 0.29) is 6.10 Å². The second-order valence-corrected chi connectivity index (χ2v) is 7.88. The minimum Gasteiger partial charge on any atom is -0.489 e. The first-order chi connectivity index (χ1) is 12.6. The fourth-order valence-electron chi connectivity index (χ4n) is 4.81. The maximum absolute atomic E-state index is 6.41. The maximum Gasteiger partial charge on any atom is 0.125 e. The van der Waals surface area contributed by atoms with Gasteiger partial charge in [0, 0.05) is 11.5 Å². The van der Waals surface area contributed by atoms with Crippen LogP contribution in [0.2, 0.25) is 0 Å². The van der Waals surface area contributed by atoms with Crippen molar-refractivity contribution in [3.8, 4) is 5.75 Å². The first kappa shape index (κ1) is 17.4. The Morgan fingerprint density at radius 1 is 1.00 bits per heavy atom. The van der Waals surface area contributed by atoms with Crippen LogP contribution < -0.4 is 4.74 Å². The van der Waals surface area contributed by atoms with Gasteiger partial charge in [0.05, 0.1) is 12.7 Å². The first-order valence-electron chi connectivity index (χ1n) is 9.70. The van der Waals surface area contributed by atoms with Crippen LogP contribution >= 0.6 is 0 Å². The molecule has 0 saturated carbocycles. The lowest BCUT2D eigenvalue weighted by Crippen LogP contribution is -2.42. The Labute approximate surface area is 156 Å². The lowest BCUT2D eigenvalue weighted by atomic mass is 9.64. The van der Waals surface area contributed by atoms with E-state index in [9.17, 15) is 0 Å². The van der Waals surface area contributed by atoms with Gasteiger partial charge in [0.2, 0.25) is 0 Å². The number of hydrogen-bond acceptors (Lipinski definition) is 2. The van der Waals surface area contributed by atoms with Crippen molar-refractivity contribution in [3.05, 3.63) is 77.4 Å². The smallest absolute Gasteiger partial charge is 0.125 e. The van der Waals surface area contributed by atoms with Crippen LogP contribution in [-0.2, 0) is 11.3 Å². The average Bonchev–Trinajstić information content (AvgIpc) is 2.65. The van der Waals surface area contributed by atoms with E-state index in [1.165, 1.54) is 16.7 Å². The highest BCUT2D eigenvalue weighted by molar-refractivity contribution is 5.38. The molecule has 0 aromatic heterocycles. The summed E-state index contributed by atoms with van der Waals surface area (Å²) in [6.45, 7) is 8.40. The number of ether oxygens (including phenoxy) is 2. The van der Waals surface area contributed by atoms with Gasteiger partial charge in [-0.25, -0.2) is 0 Å². The molecule has 2 bridgehead atoms. The predicted octanol–water partition coefficient (Wildman–Crippen LogP) is 5.80. The van der Waals surface area contributed by atoms with Crippen LogP contribution in [0.1, 0.15) is 38.0 Å². The van der Waals surface area contributed by atoms with Gasteiger partial charge in [-0.1, -0.05) is 74.0 Å². The van der Waals surface area contributed by atoms with E-state index >= 15 is 0 Å². The van der Waals surface area contributed by atoms with Crippen molar-refractivity contribution in [2.75, 3.05) is 6.61 Å². The van der Waals surface area contributed by atoms with Gasteiger partial charge in [0.25, 0.3) is 0 Å². The predicted molar refractivity (Wildman–Crippen MR) is 105 cm³/mol. The highest BCUT2D eigenvalue weighted by Gasteiger charge is 2.44. The minimum atomic E-state index is 0.0805. The third kappa shape index (κ3) is 3.19. The molecule has 1 saturated heterocycles. The van der Waals surface area contributed by atoms with Crippen LogP contribution in [0.5, 0.6) is 5.75 Å². The van der Waals surface area contributed by atoms with E-state index in [0.717, 1.165) is 12.4 Å². The fraction of sp³-hybridized carbons (Fsp3) is 0.417. The molecular formula is C24H28O2. The average molecular weight is 348 g/mol. The molecule has 1 aliphatic heterocycles. The van der Waals surface area contributed by atoms with Crippen molar-refractivity contribution in [1.82, 2.24) is 0 Å². The van der Waals surface area contributed by atoms with Crippen LogP contribution in [0, 0.1) is 23.7 Å². The number of hydrogen-bond donors (Lipinski definition) is 0. The van der Waals surface area contributed by atoms with Gasteiger partial charge in [-0.15, -0.1) is 0 Å². The molecule has 2 heteroatoms. The van der Waals surface area contributed by atoms with E-state index in [0.29, 0.717) is 30.3 Å². The Morgan fingerprint density at radius 2 is 1.73 bits per heavy atom. The molecule has 1 heterocycles. The molecule has 26 heavy (non-hydrogen) atoms. The van der Waals surface area contributed by atoms with Gasteiger partial charge >= 0.3 is 0 Å². The first-order valence-corrected chi connectivity index (χ1v) is 9.70. The summed E-state index contributed by atoms with van der Waals surface area (Å²) in [6.07, 6.45) is 2.54. The Hall–Kier alpha value is -2.06. The van der Waals surface area contributed by atoms with Crippen molar-refractivity contribution >= 4 is 0 Å². The number of para-hydroxylation sites is 1. The van der Waals surface area contributed by atoms with E-state index in [1.807, 2.05) is 24.3 Å². The number of rotatable bonds is 4. The molecule has 5 atom stereocenters. The van der Waals surface area contributed by atoms with Crippen molar-refractivity contribution in [3.63, 3.8) is 0 Å². The number of benzene rings is 2. The monoisotopic (exact) mass is 348 g/mol. The highest BCUT2D eigenvalue weighted by Crippen LogP contribution is 2.51. The quantitative estimate of drug-likeness (QED) is 0.650. The topological polar surface area (TPSA) is 18.5 Å². The van der Waals surface area contributed by atoms with E-state index in [4.69, 9.17) is 9.47 Å². The molecule has 2 aliphatic rings. The van der Waals surface area contributed by atoms with Gasteiger partial charge in [0.15, 0.2) is 0 Å². The molecule has 1 fully saturated rings.